The molecule has 2 aromatic rings. The molecule has 0 unspecified atom stereocenters. The fourth-order valence-electron chi connectivity index (χ4n) is 4.64. The van der Waals surface area contributed by atoms with E-state index in [1.54, 1.807) is 18.2 Å². The number of amides is 1. The number of para-hydroxylation sites is 2. The van der Waals surface area contributed by atoms with Gasteiger partial charge in [0, 0.05) is 25.7 Å². The number of aliphatic hydroxyl groups is 1. The molecular weight excluding hydrogens is 358 g/mol. The zero-order valence-corrected chi connectivity index (χ0v) is 16.2. The topological polar surface area (TPSA) is 87.7 Å². The van der Waals surface area contributed by atoms with Crippen LogP contribution in [0.15, 0.2) is 33.5 Å². The first-order valence-electron chi connectivity index (χ1n) is 10.4. The number of aromatic nitrogens is 1. The van der Waals surface area contributed by atoms with Crippen LogP contribution in [0.5, 0.6) is 0 Å². The smallest absolute Gasteiger partial charge is 0.408 e. The summed E-state index contributed by atoms with van der Waals surface area (Å²) < 4.78 is 6.60. The molecule has 1 saturated carbocycles. The number of oxazole rings is 1. The standard InChI is InChI=1S/C21H29N3O4/c25-17-8-10-23(11-9-17)13-15-4-3-5-16(12-15)22-20(26)14-24-18-6-1-2-7-19(18)28-21(24)27/h1-2,6-7,15-17,25H,3-5,8-14H2,(H,22,26)/t15-,16+/m1/s1. The van der Waals surface area contributed by atoms with E-state index in [1.165, 1.54) is 11.0 Å². The number of piperidine rings is 1. The number of hydrogen-bond acceptors (Lipinski definition) is 5. The van der Waals surface area contributed by atoms with Gasteiger partial charge in [0.05, 0.1) is 11.6 Å². The van der Waals surface area contributed by atoms with Crippen molar-refractivity contribution in [3.63, 3.8) is 0 Å². The van der Waals surface area contributed by atoms with Crippen LogP contribution in [0.3, 0.4) is 0 Å². The summed E-state index contributed by atoms with van der Waals surface area (Å²) in [6.07, 6.45) is 5.85. The van der Waals surface area contributed by atoms with Crippen molar-refractivity contribution in [3.05, 3.63) is 34.8 Å². The molecule has 2 atom stereocenters. The first kappa shape index (κ1) is 19.2. The Labute approximate surface area is 164 Å². The highest BCUT2D eigenvalue weighted by Gasteiger charge is 2.27. The molecule has 0 bridgehead atoms. The molecule has 2 fully saturated rings. The van der Waals surface area contributed by atoms with Gasteiger partial charge in [0.1, 0.15) is 6.54 Å². The molecule has 7 nitrogen and oxygen atoms in total. The Morgan fingerprint density at radius 2 is 1.96 bits per heavy atom. The van der Waals surface area contributed by atoms with Crippen LogP contribution in [0, 0.1) is 5.92 Å². The molecule has 2 aliphatic rings. The number of carbonyl (C=O) groups excluding carboxylic acids is 1. The number of aliphatic hydroxyl groups excluding tert-OH is 1. The quantitative estimate of drug-likeness (QED) is 0.816. The number of likely N-dealkylation sites (tertiary alicyclic amines) is 1. The van der Waals surface area contributed by atoms with Gasteiger partial charge in [0.15, 0.2) is 5.58 Å². The van der Waals surface area contributed by atoms with Crippen LogP contribution in [-0.4, -0.2) is 52.3 Å². The second kappa shape index (κ2) is 8.49. The number of nitrogens with one attached hydrogen (secondary N) is 1. The third-order valence-electron chi connectivity index (χ3n) is 6.10. The lowest BCUT2D eigenvalue weighted by atomic mass is 9.85. The molecule has 1 amide bonds. The van der Waals surface area contributed by atoms with Crippen molar-refractivity contribution in [1.82, 2.24) is 14.8 Å². The van der Waals surface area contributed by atoms with Gasteiger partial charge in [-0.1, -0.05) is 18.6 Å². The van der Waals surface area contributed by atoms with Gasteiger partial charge < -0.3 is 19.7 Å². The molecule has 4 rings (SSSR count). The van der Waals surface area contributed by atoms with E-state index in [0.717, 1.165) is 51.7 Å². The summed E-state index contributed by atoms with van der Waals surface area (Å²) in [5.74, 6) is -0.0580. The van der Waals surface area contributed by atoms with Gasteiger partial charge in [0.2, 0.25) is 5.91 Å². The predicted molar refractivity (Wildman–Crippen MR) is 106 cm³/mol. The second-order valence-electron chi connectivity index (χ2n) is 8.25. The summed E-state index contributed by atoms with van der Waals surface area (Å²) in [4.78, 5) is 27.1. The molecule has 1 aliphatic carbocycles. The van der Waals surface area contributed by atoms with Gasteiger partial charge >= 0.3 is 5.76 Å². The van der Waals surface area contributed by atoms with Crippen LogP contribution >= 0.6 is 0 Å². The summed E-state index contributed by atoms with van der Waals surface area (Å²) in [5.41, 5.74) is 1.15. The minimum absolute atomic E-state index is 0.0129. The Morgan fingerprint density at radius 3 is 2.79 bits per heavy atom. The van der Waals surface area contributed by atoms with Crippen molar-refractivity contribution in [2.75, 3.05) is 19.6 Å². The van der Waals surface area contributed by atoms with Gasteiger partial charge in [0.25, 0.3) is 0 Å². The highest BCUT2D eigenvalue weighted by molar-refractivity contribution is 5.79. The maximum atomic E-state index is 12.6. The average molecular weight is 387 g/mol. The molecule has 7 heteroatoms. The van der Waals surface area contributed by atoms with Crippen molar-refractivity contribution in [2.24, 2.45) is 5.92 Å². The van der Waals surface area contributed by atoms with Gasteiger partial charge in [-0.3, -0.25) is 9.36 Å². The number of benzene rings is 1. The zero-order chi connectivity index (χ0) is 19.5. The van der Waals surface area contributed by atoms with Crippen LogP contribution in [0.25, 0.3) is 11.1 Å². The lowest BCUT2D eigenvalue weighted by Crippen LogP contribution is -2.44. The molecule has 1 aromatic heterocycles. The van der Waals surface area contributed by atoms with E-state index in [4.69, 9.17) is 4.42 Å². The summed E-state index contributed by atoms with van der Waals surface area (Å²) in [7, 11) is 0. The van der Waals surface area contributed by atoms with Crippen LogP contribution in [0.1, 0.15) is 38.5 Å². The van der Waals surface area contributed by atoms with E-state index < -0.39 is 5.76 Å². The van der Waals surface area contributed by atoms with E-state index in [-0.39, 0.29) is 24.6 Å². The highest BCUT2D eigenvalue weighted by Crippen LogP contribution is 2.26. The molecule has 0 spiro atoms. The van der Waals surface area contributed by atoms with E-state index in [1.807, 2.05) is 6.07 Å². The van der Waals surface area contributed by atoms with Crippen LogP contribution < -0.4 is 11.1 Å². The van der Waals surface area contributed by atoms with Gasteiger partial charge in [-0.2, -0.15) is 0 Å². The molecule has 28 heavy (non-hydrogen) atoms. The molecule has 152 valence electrons. The van der Waals surface area contributed by atoms with Crippen molar-refractivity contribution in [1.29, 1.82) is 0 Å². The number of fused-ring (bicyclic) bond motifs is 1. The maximum Gasteiger partial charge on any atom is 0.420 e. The fourth-order valence-corrected chi connectivity index (χ4v) is 4.64. The SMILES string of the molecule is O=C(Cn1c(=O)oc2ccccc21)N[C@H]1CCC[C@@H](CN2CCC(O)CC2)C1. The summed E-state index contributed by atoms with van der Waals surface area (Å²) in [5, 5.41) is 12.8. The minimum atomic E-state index is -0.495. The Kier molecular flexibility index (Phi) is 5.82. The molecule has 2 N–H and O–H groups in total. The van der Waals surface area contributed by atoms with E-state index in [9.17, 15) is 14.7 Å². The zero-order valence-electron chi connectivity index (χ0n) is 16.2. The van der Waals surface area contributed by atoms with Crippen molar-refractivity contribution in [3.8, 4) is 0 Å². The highest BCUT2D eigenvalue weighted by atomic mass is 16.4. The fraction of sp³-hybridized carbons (Fsp3) is 0.619. The van der Waals surface area contributed by atoms with Gasteiger partial charge in [-0.15, -0.1) is 0 Å². The minimum Gasteiger partial charge on any atom is -0.408 e. The van der Waals surface area contributed by atoms with Crippen LogP contribution in [-0.2, 0) is 11.3 Å². The van der Waals surface area contributed by atoms with E-state index in [0.29, 0.717) is 17.0 Å². The third-order valence-corrected chi connectivity index (χ3v) is 6.10. The van der Waals surface area contributed by atoms with Crippen LogP contribution in [0.4, 0.5) is 0 Å². The predicted octanol–water partition coefficient (Wildman–Crippen LogP) is 1.73. The number of hydrogen-bond donors (Lipinski definition) is 2. The first-order valence-corrected chi connectivity index (χ1v) is 10.4. The lowest BCUT2D eigenvalue weighted by molar-refractivity contribution is -0.122. The third kappa shape index (κ3) is 4.47. The molecular formula is C21H29N3O4. The maximum absolute atomic E-state index is 12.6. The molecule has 1 aliphatic heterocycles. The van der Waals surface area contributed by atoms with E-state index >= 15 is 0 Å². The van der Waals surface area contributed by atoms with E-state index in [2.05, 4.69) is 10.2 Å². The number of nitrogens with zero attached hydrogens (tertiary/aromatic N) is 2. The Morgan fingerprint density at radius 1 is 1.18 bits per heavy atom. The Bertz CT molecular complexity index is 866. The Hall–Kier alpha value is -2.12. The molecule has 2 heterocycles. The molecule has 1 aromatic carbocycles. The monoisotopic (exact) mass is 387 g/mol. The van der Waals surface area contributed by atoms with Gasteiger partial charge in [-0.05, 0) is 50.2 Å². The van der Waals surface area contributed by atoms with Crippen LogP contribution in [0.2, 0.25) is 0 Å². The van der Waals surface area contributed by atoms with Crippen molar-refractivity contribution >= 4 is 17.0 Å². The lowest BCUT2D eigenvalue weighted by Gasteiger charge is -2.36. The molecule has 0 radical (unpaired) electrons. The van der Waals surface area contributed by atoms with Crippen molar-refractivity contribution < 1.29 is 14.3 Å². The Balaban J connectivity index is 1.31. The second-order valence-corrected chi connectivity index (χ2v) is 8.25. The normalized spacial score (nSPS) is 24.5. The summed E-state index contributed by atoms with van der Waals surface area (Å²) in [6.45, 7) is 2.96. The largest absolute Gasteiger partial charge is 0.420 e. The van der Waals surface area contributed by atoms with Gasteiger partial charge in [-0.25, -0.2) is 4.79 Å². The average Bonchev–Trinajstić information content (AvgIpc) is 2.99. The van der Waals surface area contributed by atoms with Crippen molar-refractivity contribution in [2.45, 2.75) is 57.2 Å². The summed E-state index contributed by atoms with van der Waals surface area (Å²) >= 11 is 0. The first-order chi connectivity index (χ1) is 13.6. The summed E-state index contributed by atoms with van der Waals surface area (Å²) in [6, 6.07) is 7.32. The molecule has 1 saturated heterocycles. The number of carbonyl (C=O) groups is 1. The number of rotatable bonds is 5.